The summed E-state index contributed by atoms with van der Waals surface area (Å²) in [6.07, 6.45) is -1.81. The van der Waals surface area contributed by atoms with Crippen LogP contribution in [0.4, 0.5) is 0 Å². The van der Waals surface area contributed by atoms with Crippen molar-refractivity contribution in [3.05, 3.63) is 23.9 Å². The molecule has 1 heterocycles. The van der Waals surface area contributed by atoms with Gasteiger partial charge in [-0.1, -0.05) is 6.08 Å². The minimum atomic E-state index is -2.32. The number of allylic oxidation sites excluding steroid dienone is 1. The highest BCUT2D eigenvalue weighted by atomic mass is 16.7. The van der Waals surface area contributed by atoms with Crippen LogP contribution in [-0.4, -0.2) is 44.9 Å². The smallest absolute Gasteiger partial charge is 0.334 e. The summed E-state index contributed by atoms with van der Waals surface area (Å²) in [6, 6.07) is -0.596. The maximum atomic E-state index is 12.9. The molecule has 0 unspecified atom stereocenters. The van der Waals surface area contributed by atoms with Gasteiger partial charge in [-0.25, -0.2) is 4.79 Å². The van der Waals surface area contributed by atoms with E-state index < -0.39 is 53.6 Å². The molecule has 4 rings (SSSR count). The van der Waals surface area contributed by atoms with Gasteiger partial charge in [0.15, 0.2) is 5.78 Å². The average Bonchev–Trinajstić information content (AvgIpc) is 2.76. The molecule has 0 N–H and O–H groups in total. The van der Waals surface area contributed by atoms with Crippen LogP contribution in [0.5, 0.6) is 0 Å². The molecule has 0 saturated heterocycles. The Hall–Kier alpha value is -1.66. The minimum Gasteiger partial charge on any atom is -0.497 e. The van der Waals surface area contributed by atoms with E-state index in [0.717, 1.165) is 7.11 Å². The van der Waals surface area contributed by atoms with Gasteiger partial charge in [-0.3, -0.25) is 4.79 Å². The lowest BCUT2D eigenvalue weighted by Gasteiger charge is -2.51. The van der Waals surface area contributed by atoms with Crippen LogP contribution in [0.2, 0.25) is 0 Å². The topological polar surface area (TPSA) is 71.1 Å². The van der Waals surface area contributed by atoms with E-state index >= 15 is 0 Å². The number of hydrogen-bond acceptors (Lipinski definition) is 6. The molecule has 108 valence electrons. The van der Waals surface area contributed by atoms with Crippen LogP contribution in [0.3, 0.4) is 0 Å². The summed E-state index contributed by atoms with van der Waals surface area (Å²) < 4.78 is 53.4. The van der Waals surface area contributed by atoms with Gasteiger partial charge in [0, 0.05) is 27.1 Å². The van der Waals surface area contributed by atoms with Crippen molar-refractivity contribution in [2.75, 3.05) is 21.3 Å². The number of Topliss-reactive ketones (excluding diaryl/α,β-unsaturated/α-hetero) is 1. The summed E-state index contributed by atoms with van der Waals surface area (Å²) in [5, 5.41) is 0. The lowest BCUT2D eigenvalue weighted by atomic mass is 9.60. The summed E-state index contributed by atoms with van der Waals surface area (Å²) >= 11 is 0. The van der Waals surface area contributed by atoms with E-state index in [1.165, 1.54) is 20.3 Å². The predicted molar refractivity (Wildman–Crippen MR) is 66.3 cm³/mol. The zero-order valence-corrected chi connectivity index (χ0v) is 11.2. The highest BCUT2D eigenvalue weighted by molar-refractivity contribution is 6.00. The highest BCUT2D eigenvalue weighted by Gasteiger charge is 2.66. The highest BCUT2D eigenvalue weighted by Crippen LogP contribution is 2.53. The van der Waals surface area contributed by atoms with E-state index in [1.807, 2.05) is 0 Å². The Morgan fingerprint density at radius 3 is 2.75 bits per heavy atom. The van der Waals surface area contributed by atoms with E-state index in [2.05, 4.69) is 0 Å². The van der Waals surface area contributed by atoms with E-state index in [4.69, 9.17) is 24.4 Å². The van der Waals surface area contributed by atoms with Crippen LogP contribution in [0.1, 0.15) is 5.48 Å². The molecule has 0 aromatic heterocycles. The number of rotatable bonds is 3. The molecule has 0 aromatic carbocycles. The van der Waals surface area contributed by atoms with Crippen LogP contribution in [-0.2, 0) is 28.5 Å². The molecule has 1 saturated carbocycles. The third kappa shape index (κ3) is 1.40. The lowest BCUT2D eigenvalue weighted by Crippen LogP contribution is -2.66. The largest absolute Gasteiger partial charge is 0.497 e. The maximum Gasteiger partial charge on any atom is 0.334 e. The molecule has 4 atom stereocenters. The van der Waals surface area contributed by atoms with Gasteiger partial charge in [-0.05, 0) is 6.05 Å². The Morgan fingerprint density at radius 2 is 2.15 bits per heavy atom. The second-order valence-corrected chi connectivity index (χ2v) is 4.57. The van der Waals surface area contributed by atoms with Crippen molar-refractivity contribution in [2.24, 2.45) is 17.7 Å². The Labute approximate surface area is 121 Å². The number of ether oxygens (including phenoxy) is 4. The Morgan fingerprint density at radius 1 is 1.45 bits per heavy atom. The zero-order valence-electron chi connectivity index (χ0n) is 15.2. The monoisotopic (exact) mass is 284 g/mol. The van der Waals surface area contributed by atoms with Crippen molar-refractivity contribution in [1.82, 2.24) is 0 Å². The second kappa shape index (κ2) is 4.43. The number of ketones is 1. The number of carbonyl (C=O) groups is 2. The molecule has 0 radical (unpaired) electrons. The fourth-order valence-electron chi connectivity index (χ4n) is 2.96. The quantitative estimate of drug-likeness (QED) is 0.553. The van der Waals surface area contributed by atoms with Crippen molar-refractivity contribution in [2.45, 2.75) is 11.9 Å². The van der Waals surface area contributed by atoms with Crippen LogP contribution in [0.15, 0.2) is 23.9 Å². The first kappa shape index (κ1) is 9.31. The Balaban J connectivity index is 2.33. The lowest BCUT2D eigenvalue weighted by molar-refractivity contribution is -0.255. The third-order valence-electron chi connectivity index (χ3n) is 3.88. The van der Waals surface area contributed by atoms with Gasteiger partial charge in [0.1, 0.15) is 7.45 Å². The summed E-state index contributed by atoms with van der Waals surface area (Å²) in [7, 11) is 3.49. The Bertz CT molecular complexity index is 699. The first-order chi connectivity index (χ1) is 11.2. The second-order valence-electron chi connectivity index (χ2n) is 4.57. The predicted octanol–water partition coefficient (Wildman–Crippen LogP) is 0.432. The van der Waals surface area contributed by atoms with E-state index in [0.29, 0.717) is 0 Å². The molecule has 0 amide bonds. The van der Waals surface area contributed by atoms with Crippen molar-refractivity contribution < 1.29 is 34.0 Å². The first-order valence-electron chi connectivity index (χ1n) is 7.97. The van der Waals surface area contributed by atoms with Crippen LogP contribution in [0, 0.1) is 17.7 Å². The van der Waals surface area contributed by atoms with Crippen molar-refractivity contribution in [3.63, 3.8) is 0 Å². The first-order valence-corrected chi connectivity index (χ1v) is 5.97. The molecular weight excluding hydrogens is 264 g/mol. The maximum absolute atomic E-state index is 12.9. The van der Waals surface area contributed by atoms with E-state index in [-0.39, 0.29) is 5.57 Å². The average molecular weight is 284 g/mol. The molecule has 6 heteroatoms. The van der Waals surface area contributed by atoms with Crippen LogP contribution >= 0.6 is 0 Å². The number of carbonyl (C=O) groups excluding carboxylic acids is 2. The number of esters is 1. The summed E-state index contributed by atoms with van der Waals surface area (Å²) in [5.74, 6) is -8.66. The Kier molecular flexibility index (Phi) is 2.06. The molecule has 20 heavy (non-hydrogen) atoms. The van der Waals surface area contributed by atoms with Gasteiger partial charge in [0.2, 0.25) is 5.79 Å². The minimum absolute atomic E-state index is 0.105. The van der Waals surface area contributed by atoms with Crippen LogP contribution < -0.4 is 0 Å². The standard InChI is InChI=1S/C14H16O6/c1-17-13(16)9-6-8-7-4-5-20-11(7)10(9)14(18-2,19-3)12(8)15/h4-8,10-11H,1-3H3/t7-,8+,10-,11-/m0/s1/i4D,5D,7D,11D. The normalized spacial score (nSPS) is 47.5. The van der Waals surface area contributed by atoms with Crippen molar-refractivity contribution >= 4 is 11.8 Å². The number of methoxy groups -OCH3 is 3. The van der Waals surface area contributed by atoms with Crippen LogP contribution in [0.25, 0.3) is 0 Å². The van der Waals surface area contributed by atoms with Gasteiger partial charge in [-0.2, -0.15) is 0 Å². The molecule has 6 nitrogen and oxygen atoms in total. The van der Waals surface area contributed by atoms with E-state index in [1.54, 1.807) is 0 Å². The zero-order chi connectivity index (χ0) is 18.1. The molecule has 1 fully saturated rings. The number of fused-ring (bicyclic) bond motifs is 1. The third-order valence-corrected chi connectivity index (χ3v) is 3.88. The SMILES string of the molecule is [2H]C1=C([2H])[C@@]2([2H])[C@H]3C=C(C(=O)OC)[C@H](C(OC)(OC)C3=O)[C@@]2([2H])O1. The molecule has 2 bridgehead atoms. The van der Waals surface area contributed by atoms with Crippen molar-refractivity contribution in [3.8, 4) is 0 Å². The van der Waals surface area contributed by atoms with E-state index in [9.17, 15) is 9.59 Å². The van der Waals surface area contributed by atoms with Crippen molar-refractivity contribution in [1.29, 1.82) is 0 Å². The molecule has 0 aromatic rings. The molecule has 4 aliphatic rings. The molecule has 0 spiro atoms. The van der Waals surface area contributed by atoms with Gasteiger partial charge < -0.3 is 18.9 Å². The summed E-state index contributed by atoms with van der Waals surface area (Å²) in [4.78, 5) is 25.1. The van der Waals surface area contributed by atoms with Gasteiger partial charge in [-0.15, -0.1) is 0 Å². The fraction of sp³-hybridized carbons (Fsp3) is 0.571. The number of hydrogen-bond donors (Lipinski definition) is 0. The molecule has 1 aliphatic heterocycles. The van der Waals surface area contributed by atoms with Gasteiger partial charge >= 0.3 is 5.97 Å². The fourth-order valence-corrected chi connectivity index (χ4v) is 2.96. The summed E-state index contributed by atoms with van der Waals surface area (Å²) in [5.41, 5.74) is -0.105. The molecule has 3 aliphatic carbocycles. The van der Waals surface area contributed by atoms with Gasteiger partial charge in [0.25, 0.3) is 0 Å². The summed E-state index contributed by atoms with van der Waals surface area (Å²) in [6.45, 7) is 0. The van der Waals surface area contributed by atoms with Gasteiger partial charge in [0.05, 0.1) is 27.9 Å². The molecular formula is C14H16O6.